The highest BCUT2D eigenvalue weighted by Gasteiger charge is 2.34. The Kier molecular flexibility index (Phi) is 10.6. The third-order valence-corrected chi connectivity index (χ3v) is 14.6. The predicted octanol–water partition coefficient (Wildman–Crippen LogP) is 19.0. The maximum Gasteiger partial charge on any atom is 0.416 e. The van der Waals surface area contributed by atoms with Crippen molar-refractivity contribution in [3.05, 3.63) is 245 Å². The molecule has 0 unspecified atom stereocenters. The van der Waals surface area contributed by atoms with Crippen molar-refractivity contribution in [2.75, 3.05) is 0 Å². The topological polar surface area (TPSA) is 14.2 Å². The summed E-state index contributed by atoms with van der Waals surface area (Å²) in [5.41, 5.74) is 17.6. The van der Waals surface area contributed by atoms with Gasteiger partial charge in [-0.1, -0.05) is 140 Å². The van der Waals surface area contributed by atoms with Crippen molar-refractivity contribution < 1.29 is 13.2 Å². The minimum atomic E-state index is -4.67. The van der Waals surface area contributed by atoms with Gasteiger partial charge in [0.15, 0.2) is 5.69 Å². The Morgan fingerprint density at radius 2 is 0.653 bits per heavy atom. The second-order valence-electron chi connectivity index (χ2n) is 18.9. The Bertz CT molecular complexity index is 4010. The zero-order chi connectivity index (χ0) is 49.4. The number of rotatable bonds is 7. The van der Waals surface area contributed by atoms with Crippen molar-refractivity contribution in [1.29, 1.82) is 0 Å². The van der Waals surface area contributed by atoms with Gasteiger partial charge in [-0.2, -0.15) is 13.2 Å². The van der Waals surface area contributed by atoms with E-state index in [1.165, 1.54) is 12.1 Å². The van der Waals surface area contributed by atoms with Gasteiger partial charge < -0.3 is 9.13 Å². The summed E-state index contributed by atoms with van der Waals surface area (Å²) in [5, 5.41) is 4.00. The molecule has 12 aromatic rings. The van der Waals surface area contributed by atoms with E-state index >= 15 is 13.2 Å². The van der Waals surface area contributed by atoms with E-state index in [1.54, 1.807) is 12.1 Å². The van der Waals surface area contributed by atoms with E-state index in [1.807, 2.05) is 30.3 Å². The molecule has 0 N–H and O–H groups in total. The van der Waals surface area contributed by atoms with Gasteiger partial charge in [0.25, 0.3) is 0 Å². The normalized spacial score (nSPS) is 11.8. The summed E-state index contributed by atoms with van der Waals surface area (Å²) >= 11 is 0. The Hall–Kier alpha value is -8.92. The lowest BCUT2D eigenvalue weighted by atomic mass is 9.96. The zero-order valence-electron chi connectivity index (χ0n) is 40.1. The van der Waals surface area contributed by atoms with E-state index in [0.717, 1.165) is 116 Å². The molecule has 2 aromatic heterocycles. The third kappa shape index (κ3) is 7.28. The number of halogens is 3. The number of nitrogens with zero attached hydrogens (tertiary/aromatic N) is 3. The highest BCUT2D eigenvalue weighted by molar-refractivity contribution is 6.14. The van der Waals surface area contributed by atoms with E-state index in [-0.39, 0.29) is 16.8 Å². The van der Waals surface area contributed by atoms with E-state index in [0.29, 0.717) is 11.4 Å². The van der Waals surface area contributed by atoms with Crippen LogP contribution in [0.5, 0.6) is 0 Å². The molecule has 6 heteroatoms. The first kappa shape index (κ1) is 44.3. The van der Waals surface area contributed by atoms with Gasteiger partial charge in [0, 0.05) is 21.5 Å². The monoisotopic (exact) mass is 937 g/mol. The van der Waals surface area contributed by atoms with E-state index in [4.69, 9.17) is 6.57 Å². The average molecular weight is 938 g/mol. The molecule has 0 aliphatic carbocycles. The number of benzene rings is 10. The summed E-state index contributed by atoms with van der Waals surface area (Å²) in [7, 11) is 0. The van der Waals surface area contributed by atoms with Crippen molar-refractivity contribution in [1.82, 2.24) is 9.13 Å². The first-order valence-electron chi connectivity index (χ1n) is 24.1. The Balaban J connectivity index is 1.23. The van der Waals surface area contributed by atoms with Gasteiger partial charge in [0.2, 0.25) is 0 Å². The number of alkyl halides is 3. The molecule has 0 fully saturated rings. The maximum absolute atomic E-state index is 15.1. The van der Waals surface area contributed by atoms with Crippen LogP contribution in [0.15, 0.2) is 206 Å². The van der Waals surface area contributed by atoms with Gasteiger partial charge in [0.05, 0.1) is 45.6 Å². The molecule has 0 saturated heterocycles. The lowest BCUT2D eigenvalue weighted by Gasteiger charge is -2.21. The molecule has 0 aliphatic heterocycles. The number of fused-ring (bicyclic) bond motifs is 6. The highest BCUT2D eigenvalue weighted by Crippen LogP contribution is 2.48. The Morgan fingerprint density at radius 1 is 0.347 bits per heavy atom. The molecule has 72 heavy (non-hydrogen) atoms. The second kappa shape index (κ2) is 17.2. The highest BCUT2D eigenvalue weighted by atomic mass is 19.4. The number of aryl methyl sites for hydroxylation is 4. The number of hydrogen-bond donors (Lipinski definition) is 0. The fourth-order valence-corrected chi connectivity index (χ4v) is 11.0. The van der Waals surface area contributed by atoms with Crippen LogP contribution in [0.4, 0.5) is 18.9 Å². The van der Waals surface area contributed by atoms with Crippen molar-refractivity contribution >= 4 is 49.3 Å². The van der Waals surface area contributed by atoms with Gasteiger partial charge in [0.1, 0.15) is 0 Å². The molecule has 0 atom stereocenters. The summed E-state index contributed by atoms with van der Waals surface area (Å²) in [5.74, 6) is 0. The smallest absolute Gasteiger partial charge is 0.308 e. The summed E-state index contributed by atoms with van der Waals surface area (Å²) in [6.07, 6.45) is -4.67. The van der Waals surface area contributed by atoms with Crippen molar-refractivity contribution in [3.8, 4) is 67.0 Å². The minimum Gasteiger partial charge on any atom is -0.308 e. The summed E-state index contributed by atoms with van der Waals surface area (Å²) in [6.45, 7) is 17.1. The summed E-state index contributed by atoms with van der Waals surface area (Å²) < 4.78 is 49.7. The predicted molar refractivity (Wildman–Crippen MR) is 293 cm³/mol. The Morgan fingerprint density at radius 3 is 0.972 bits per heavy atom. The van der Waals surface area contributed by atoms with E-state index < -0.39 is 11.7 Å². The molecule has 0 bridgehead atoms. The van der Waals surface area contributed by atoms with Crippen LogP contribution in [-0.2, 0) is 6.18 Å². The van der Waals surface area contributed by atoms with E-state index in [9.17, 15) is 0 Å². The van der Waals surface area contributed by atoms with Crippen molar-refractivity contribution in [2.24, 2.45) is 0 Å². The van der Waals surface area contributed by atoms with Gasteiger partial charge in [-0.25, -0.2) is 4.85 Å². The third-order valence-electron chi connectivity index (χ3n) is 14.6. The van der Waals surface area contributed by atoms with Gasteiger partial charge in [-0.15, -0.1) is 0 Å². The molecule has 12 rings (SSSR count). The standard InChI is InChI=1S/C66H46F3N3/c1-40-16-6-10-20-48(40)44-26-30-60-54(34-44)55-35-45(49-21-11-7-17-41(49)2)27-31-61(55)71(60)64-38-53(52-24-14-15-25-58(52)66(67,68)69)59(70-5)39-65(64)72-62-32-28-46(50-22-12-8-18-42(50)3)36-56(62)57-37-47(29-33-63(57)72)51-23-13-9-19-43(51)4/h6-39H,1-4H3. The quantitative estimate of drug-likeness (QED) is 0.141. The van der Waals surface area contributed by atoms with Gasteiger partial charge in [-0.05, 0) is 172 Å². The van der Waals surface area contributed by atoms with Crippen molar-refractivity contribution in [3.63, 3.8) is 0 Å². The summed E-state index contributed by atoms with van der Waals surface area (Å²) in [6, 6.07) is 68.7. The lowest BCUT2D eigenvalue weighted by molar-refractivity contribution is -0.137. The molecule has 0 spiro atoms. The molecular formula is C66H46F3N3. The van der Waals surface area contributed by atoms with Crippen LogP contribution in [-0.4, -0.2) is 9.13 Å². The summed E-state index contributed by atoms with van der Waals surface area (Å²) in [4.78, 5) is 4.04. The van der Waals surface area contributed by atoms with Crippen molar-refractivity contribution in [2.45, 2.75) is 33.9 Å². The minimum absolute atomic E-state index is 0.0544. The van der Waals surface area contributed by atoms with Crippen LogP contribution >= 0.6 is 0 Å². The fraction of sp³-hybridized carbons (Fsp3) is 0.0758. The second-order valence-corrected chi connectivity index (χ2v) is 18.9. The van der Waals surface area contributed by atoms with Crippen LogP contribution in [0.3, 0.4) is 0 Å². The largest absolute Gasteiger partial charge is 0.416 e. The van der Waals surface area contributed by atoms with Crippen LogP contribution in [0, 0.1) is 34.3 Å². The first-order valence-corrected chi connectivity index (χ1v) is 24.1. The fourth-order valence-electron chi connectivity index (χ4n) is 11.0. The molecular weight excluding hydrogens is 892 g/mol. The van der Waals surface area contributed by atoms with Gasteiger partial charge >= 0.3 is 6.18 Å². The van der Waals surface area contributed by atoms with Crippen LogP contribution in [0.25, 0.3) is 115 Å². The molecule has 0 aliphatic rings. The van der Waals surface area contributed by atoms with Crippen LogP contribution < -0.4 is 0 Å². The maximum atomic E-state index is 15.1. The molecule has 10 aromatic carbocycles. The lowest BCUT2D eigenvalue weighted by Crippen LogP contribution is -2.08. The number of aromatic nitrogens is 2. The average Bonchev–Trinajstić information content (AvgIpc) is 3.89. The Labute approximate surface area is 416 Å². The molecule has 2 heterocycles. The zero-order valence-corrected chi connectivity index (χ0v) is 40.1. The molecule has 0 saturated carbocycles. The molecule has 3 nitrogen and oxygen atoms in total. The van der Waals surface area contributed by atoms with E-state index in [2.05, 4.69) is 187 Å². The van der Waals surface area contributed by atoms with Crippen LogP contribution in [0.1, 0.15) is 27.8 Å². The van der Waals surface area contributed by atoms with Gasteiger partial charge in [-0.3, -0.25) is 0 Å². The first-order chi connectivity index (χ1) is 35.0. The molecule has 0 radical (unpaired) electrons. The van der Waals surface area contributed by atoms with Crippen LogP contribution in [0.2, 0.25) is 0 Å². The number of hydrogen-bond acceptors (Lipinski definition) is 0. The SMILES string of the molecule is [C-]#[N+]c1cc(-n2c3ccc(-c4ccccc4C)cc3c3cc(-c4ccccc4C)ccc32)c(-n2c3ccc(-c4ccccc4C)cc3c3cc(-c4ccccc4C)ccc32)cc1-c1ccccc1C(F)(F)F. The molecule has 346 valence electrons. The molecule has 0 amide bonds.